The Kier molecular flexibility index (Phi) is 5.51. The van der Waals surface area contributed by atoms with Gasteiger partial charge in [-0.3, -0.25) is 24.5 Å². The third-order valence-corrected chi connectivity index (χ3v) is 5.13. The van der Waals surface area contributed by atoms with Gasteiger partial charge in [0.05, 0.1) is 17.8 Å². The second kappa shape index (κ2) is 7.86. The fourth-order valence-corrected chi connectivity index (χ4v) is 3.64. The summed E-state index contributed by atoms with van der Waals surface area (Å²) < 4.78 is 7.08. The van der Waals surface area contributed by atoms with Crippen molar-refractivity contribution >= 4 is 17.7 Å². The molecule has 3 rings (SSSR count). The van der Waals surface area contributed by atoms with E-state index >= 15 is 0 Å². The number of aryl methyl sites for hydroxylation is 2. The van der Waals surface area contributed by atoms with Crippen LogP contribution in [0.25, 0.3) is 0 Å². The molecule has 28 heavy (non-hydrogen) atoms. The van der Waals surface area contributed by atoms with Crippen LogP contribution in [0, 0.1) is 25.2 Å². The van der Waals surface area contributed by atoms with Crippen LogP contribution in [0.2, 0.25) is 0 Å². The van der Waals surface area contributed by atoms with Gasteiger partial charge in [-0.05, 0) is 33.2 Å². The van der Waals surface area contributed by atoms with Gasteiger partial charge in [-0.15, -0.1) is 0 Å². The van der Waals surface area contributed by atoms with Crippen LogP contribution in [0.4, 0.5) is 5.88 Å². The molecule has 2 amide bonds. The molecule has 9 nitrogen and oxygen atoms in total. The maximum Gasteiger partial charge on any atom is 0.252 e. The van der Waals surface area contributed by atoms with Crippen LogP contribution in [0.3, 0.4) is 0 Å². The first-order chi connectivity index (χ1) is 13.3. The zero-order chi connectivity index (χ0) is 20.4. The highest BCUT2D eigenvalue weighted by molar-refractivity contribution is 5.94. The predicted molar refractivity (Wildman–Crippen MR) is 102 cm³/mol. The first-order valence-electron chi connectivity index (χ1n) is 9.15. The molecule has 1 atom stereocenters. The summed E-state index contributed by atoms with van der Waals surface area (Å²) in [5.74, 6) is 0.0939. The topological polar surface area (TPSA) is 130 Å². The number of likely N-dealkylation sites (tertiary alicyclic amines) is 1. The molecule has 0 aromatic carbocycles. The molecular formula is C19H24N6O3. The van der Waals surface area contributed by atoms with E-state index in [1.165, 1.54) is 0 Å². The van der Waals surface area contributed by atoms with Gasteiger partial charge in [-0.25, -0.2) is 0 Å². The first-order valence-corrected chi connectivity index (χ1v) is 9.15. The Hall–Kier alpha value is -3.12. The summed E-state index contributed by atoms with van der Waals surface area (Å²) in [4.78, 5) is 26.2. The number of carbonyl (C=O) groups excluding carboxylic acids is 2. The minimum Gasteiger partial charge on any atom is -0.444 e. The van der Waals surface area contributed by atoms with Gasteiger partial charge >= 0.3 is 0 Å². The van der Waals surface area contributed by atoms with Crippen molar-refractivity contribution < 1.29 is 14.0 Å². The number of nitrogens with two attached hydrogens (primary N) is 1. The molecule has 2 aromatic rings. The lowest BCUT2D eigenvalue weighted by molar-refractivity contribution is -0.117. The lowest BCUT2D eigenvalue weighted by Crippen LogP contribution is -2.40. The number of hydrogen-bond donors (Lipinski definition) is 2. The highest BCUT2D eigenvalue weighted by Crippen LogP contribution is 2.29. The monoisotopic (exact) mass is 384 g/mol. The molecule has 1 saturated heterocycles. The van der Waals surface area contributed by atoms with Crippen molar-refractivity contribution in [3.63, 3.8) is 0 Å². The lowest BCUT2D eigenvalue weighted by atomic mass is 9.92. The van der Waals surface area contributed by atoms with E-state index < -0.39 is 5.91 Å². The molecule has 0 radical (unpaired) electrons. The molecule has 1 aliphatic rings. The van der Waals surface area contributed by atoms with E-state index in [0.29, 0.717) is 29.1 Å². The Bertz CT molecular complexity index is 952. The van der Waals surface area contributed by atoms with Crippen LogP contribution in [0.1, 0.15) is 51.7 Å². The van der Waals surface area contributed by atoms with Gasteiger partial charge in [-0.2, -0.15) is 10.4 Å². The molecule has 2 aromatic heterocycles. The highest BCUT2D eigenvalue weighted by Gasteiger charge is 2.28. The standard InChI is InChI=1S/C19H24N6O3/c1-11-12(2)28-19(14(11)7-20)22-16(26)10-25-6-4-5-13(8-25)17-15(18(21)27)9-24(3)23-17/h9,13H,4-6,8,10H2,1-3H3,(H2,21,27)(H,22,26)/t13-/m1/s1. The molecule has 3 N–H and O–H groups in total. The lowest BCUT2D eigenvalue weighted by Gasteiger charge is -2.31. The molecule has 9 heteroatoms. The molecule has 1 aliphatic heterocycles. The summed E-state index contributed by atoms with van der Waals surface area (Å²) >= 11 is 0. The number of carbonyl (C=O) groups is 2. The van der Waals surface area contributed by atoms with Crippen LogP contribution in [-0.4, -0.2) is 46.1 Å². The van der Waals surface area contributed by atoms with Crippen molar-refractivity contribution in [1.82, 2.24) is 14.7 Å². The highest BCUT2D eigenvalue weighted by atomic mass is 16.4. The van der Waals surface area contributed by atoms with Crippen molar-refractivity contribution in [2.24, 2.45) is 12.8 Å². The second-order valence-corrected chi connectivity index (χ2v) is 7.19. The molecule has 0 saturated carbocycles. The molecule has 0 bridgehead atoms. The summed E-state index contributed by atoms with van der Waals surface area (Å²) in [5, 5.41) is 16.4. The number of primary amides is 1. The quantitative estimate of drug-likeness (QED) is 0.802. The number of nitrogens with one attached hydrogen (secondary N) is 1. The number of piperidine rings is 1. The van der Waals surface area contributed by atoms with Gasteiger partial charge in [0.1, 0.15) is 17.4 Å². The summed E-state index contributed by atoms with van der Waals surface area (Å²) in [6.45, 7) is 5.07. The molecule has 3 heterocycles. The Morgan fingerprint density at radius 2 is 2.21 bits per heavy atom. The average molecular weight is 384 g/mol. The van der Waals surface area contributed by atoms with Crippen molar-refractivity contribution in [3.8, 4) is 6.07 Å². The van der Waals surface area contributed by atoms with E-state index in [1.54, 1.807) is 31.8 Å². The predicted octanol–water partition coefficient (Wildman–Crippen LogP) is 1.42. The van der Waals surface area contributed by atoms with Crippen molar-refractivity contribution in [1.29, 1.82) is 5.26 Å². The third kappa shape index (κ3) is 3.92. The van der Waals surface area contributed by atoms with Crippen LogP contribution >= 0.6 is 0 Å². The minimum absolute atomic E-state index is 0.0352. The number of amides is 2. The van der Waals surface area contributed by atoms with Gasteiger partial charge in [0, 0.05) is 31.3 Å². The number of aromatic nitrogens is 2. The molecule has 1 fully saturated rings. The van der Waals surface area contributed by atoms with E-state index in [-0.39, 0.29) is 24.3 Å². The van der Waals surface area contributed by atoms with Crippen LogP contribution in [0.5, 0.6) is 0 Å². The zero-order valence-corrected chi connectivity index (χ0v) is 16.3. The molecular weight excluding hydrogens is 360 g/mol. The summed E-state index contributed by atoms with van der Waals surface area (Å²) in [6.07, 6.45) is 3.40. The summed E-state index contributed by atoms with van der Waals surface area (Å²) in [5.41, 5.74) is 7.66. The number of anilines is 1. The molecule has 0 spiro atoms. The van der Waals surface area contributed by atoms with Gasteiger partial charge in [-0.1, -0.05) is 0 Å². The smallest absolute Gasteiger partial charge is 0.252 e. The fraction of sp³-hybridized carbons (Fsp3) is 0.474. The van der Waals surface area contributed by atoms with Gasteiger partial charge in [0.2, 0.25) is 11.8 Å². The number of nitriles is 1. The molecule has 0 unspecified atom stereocenters. The number of rotatable bonds is 5. The minimum atomic E-state index is -0.495. The van der Waals surface area contributed by atoms with E-state index in [9.17, 15) is 14.9 Å². The van der Waals surface area contributed by atoms with Crippen LogP contribution < -0.4 is 11.1 Å². The van der Waals surface area contributed by atoms with Gasteiger partial charge < -0.3 is 10.2 Å². The maximum atomic E-state index is 12.5. The van der Waals surface area contributed by atoms with Crippen LogP contribution in [0.15, 0.2) is 10.6 Å². The van der Waals surface area contributed by atoms with Crippen LogP contribution in [-0.2, 0) is 11.8 Å². The summed E-state index contributed by atoms with van der Waals surface area (Å²) in [7, 11) is 1.75. The Morgan fingerprint density at radius 3 is 2.89 bits per heavy atom. The van der Waals surface area contributed by atoms with E-state index in [4.69, 9.17) is 10.2 Å². The van der Waals surface area contributed by atoms with E-state index in [1.807, 2.05) is 4.90 Å². The molecule has 0 aliphatic carbocycles. The van der Waals surface area contributed by atoms with E-state index in [2.05, 4.69) is 16.5 Å². The SMILES string of the molecule is Cc1oc(NC(=O)CN2CCC[C@@H](c3nn(C)cc3C(N)=O)C2)c(C#N)c1C. The number of hydrogen-bond acceptors (Lipinski definition) is 6. The first kappa shape index (κ1) is 19.6. The van der Waals surface area contributed by atoms with Crippen molar-refractivity contribution in [2.75, 3.05) is 25.0 Å². The average Bonchev–Trinajstić information content (AvgIpc) is 3.15. The maximum absolute atomic E-state index is 12.5. The number of furan rings is 1. The van der Waals surface area contributed by atoms with Gasteiger partial charge in [0.25, 0.3) is 5.91 Å². The largest absolute Gasteiger partial charge is 0.444 e. The third-order valence-electron chi connectivity index (χ3n) is 5.13. The Morgan fingerprint density at radius 1 is 1.46 bits per heavy atom. The second-order valence-electron chi connectivity index (χ2n) is 7.19. The normalized spacial score (nSPS) is 17.3. The molecule has 148 valence electrons. The Balaban J connectivity index is 1.67. The fourth-order valence-electron chi connectivity index (χ4n) is 3.64. The summed E-state index contributed by atoms with van der Waals surface area (Å²) in [6, 6.07) is 2.06. The van der Waals surface area contributed by atoms with E-state index in [0.717, 1.165) is 24.9 Å². The number of nitrogens with zero attached hydrogens (tertiary/aromatic N) is 4. The van der Waals surface area contributed by atoms with Crippen molar-refractivity contribution in [2.45, 2.75) is 32.6 Å². The Labute approximate surface area is 163 Å². The zero-order valence-electron chi connectivity index (χ0n) is 16.3. The van der Waals surface area contributed by atoms with Crippen molar-refractivity contribution in [3.05, 3.63) is 34.3 Å². The van der Waals surface area contributed by atoms with Gasteiger partial charge in [0.15, 0.2) is 0 Å².